The molecule has 3 amide bonds. The van der Waals surface area contributed by atoms with Crippen LogP contribution in [0.3, 0.4) is 0 Å². The third kappa shape index (κ3) is 4.84. The Morgan fingerprint density at radius 1 is 0.927 bits per heavy atom. The number of fused-ring (bicyclic) bond motifs is 2. The first-order chi connectivity index (χ1) is 20.0. The Morgan fingerprint density at radius 3 is 2.37 bits per heavy atom. The molecule has 4 aromatic rings. The van der Waals surface area contributed by atoms with Gasteiger partial charge in [-0.2, -0.15) is 0 Å². The Kier molecular flexibility index (Phi) is 7.22. The Hall–Kier alpha value is -4.59. The number of likely N-dealkylation sites (tertiary alicyclic amines) is 1. The first kappa shape index (κ1) is 26.6. The molecule has 210 valence electrons. The molecule has 1 saturated heterocycles. The highest BCUT2D eigenvalue weighted by Crippen LogP contribution is 2.46. The molecule has 1 atom stereocenters. The fraction of sp³-hybridized carbons (Fsp3) is 0.303. The van der Waals surface area contributed by atoms with E-state index in [9.17, 15) is 14.4 Å². The van der Waals surface area contributed by atoms with Gasteiger partial charge in [-0.3, -0.25) is 9.59 Å². The van der Waals surface area contributed by atoms with E-state index in [0.717, 1.165) is 33.3 Å². The highest BCUT2D eigenvalue weighted by atomic mass is 16.6. The molecule has 1 aromatic heterocycles. The molecule has 41 heavy (non-hydrogen) atoms. The molecule has 3 heterocycles. The standard InChI is InChI=1S/C33H34N4O4/c1-3-41-33(40)36-19-17-23(18-20-36)34-28(38)21-37-31(24-13-7-8-14-25(24)32(37)39)29-26-15-9-10-16-27(26)35(2)30(29)22-11-5-4-6-12-22/h4-16,23,31H,3,17-21H2,1-2H3,(H,34,38). The van der Waals surface area contributed by atoms with E-state index in [1.807, 2.05) is 54.6 Å². The molecule has 0 radical (unpaired) electrons. The van der Waals surface area contributed by atoms with Gasteiger partial charge in [0.25, 0.3) is 5.91 Å². The summed E-state index contributed by atoms with van der Waals surface area (Å²) in [6.45, 7) is 3.12. The summed E-state index contributed by atoms with van der Waals surface area (Å²) < 4.78 is 7.29. The van der Waals surface area contributed by atoms with Crippen molar-refractivity contribution in [1.82, 2.24) is 19.7 Å². The van der Waals surface area contributed by atoms with Gasteiger partial charge in [-0.1, -0.05) is 66.7 Å². The first-order valence-electron chi connectivity index (χ1n) is 14.2. The third-order valence-electron chi connectivity index (χ3n) is 8.23. The van der Waals surface area contributed by atoms with Crippen LogP contribution in [0.1, 0.15) is 47.3 Å². The Labute approximate surface area is 239 Å². The maximum absolute atomic E-state index is 13.9. The molecule has 0 aliphatic carbocycles. The van der Waals surface area contributed by atoms with E-state index >= 15 is 0 Å². The van der Waals surface area contributed by atoms with Gasteiger partial charge in [0.2, 0.25) is 5.91 Å². The number of benzene rings is 3. The van der Waals surface area contributed by atoms with Gasteiger partial charge in [0.1, 0.15) is 6.54 Å². The average molecular weight is 551 g/mol. The number of amides is 3. The van der Waals surface area contributed by atoms with E-state index < -0.39 is 6.04 Å². The number of ether oxygens (including phenoxy) is 1. The predicted octanol–water partition coefficient (Wildman–Crippen LogP) is 5.13. The van der Waals surface area contributed by atoms with Gasteiger partial charge < -0.3 is 24.4 Å². The molecule has 0 spiro atoms. The minimum absolute atomic E-state index is 0.0618. The molecule has 1 fully saturated rings. The highest BCUT2D eigenvalue weighted by molar-refractivity contribution is 6.03. The van der Waals surface area contributed by atoms with Gasteiger partial charge in [0.05, 0.1) is 18.3 Å². The molecule has 8 nitrogen and oxygen atoms in total. The van der Waals surface area contributed by atoms with Crippen LogP contribution in [0, 0.1) is 0 Å². The van der Waals surface area contributed by atoms with E-state index in [1.165, 1.54) is 0 Å². The summed E-state index contributed by atoms with van der Waals surface area (Å²) in [6, 6.07) is 25.6. The minimum atomic E-state index is -0.420. The second-order valence-corrected chi connectivity index (χ2v) is 10.7. The normalized spacial score (nSPS) is 17.1. The van der Waals surface area contributed by atoms with Crippen molar-refractivity contribution in [3.05, 3.63) is 95.6 Å². The van der Waals surface area contributed by atoms with Crippen LogP contribution < -0.4 is 5.32 Å². The molecule has 3 aromatic carbocycles. The van der Waals surface area contributed by atoms with Gasteiger partial charge in [-0.15, -0.1) is 0 Å². The molecule has 1 N–H and O–H groups in total. The van der Waals surface area contributed by atoms with Crippen LogP contribution in [0.4, 0.5) is 4.79 Å². The number of nitrogens with one attached hydrogen (secondary N) is 1. The number of hydrogen-bond acceptors (Lipinski definition) is 4. The second kappa shape index (κ2) is 11.1. The number of piperidine rings is 1. The molecule has 8 heteroatoms. The van der Waals surface area contributed by atoms with Crippen LogP contribution in [0.25, 0.3) is 22.2 Å². The maximum atomic E-state index is 13.9. The van der Waals surface area contributed by atoms with Crippen molar-refractivity contribution in [3.8, 4) is 11.3 Å². The van der Waals surface area contributed by atoms with Crippen molar-refractivity contribution in [1.29, 1.82) is 0 Å². The van der Waals surface area contributed by atoms with Gasteiger partial charge in [0, 0.05) is 48.2 Å². The van der Waals surface area contributed by atoms with E-state index in [-0.39, 0.29) is 30.5 Å². The molecule has 2 aliphatic heterocycles. The van der Waals surface area contributed by atoms with Crippen LogP contribution in [-0.2, 0) is 16.6 Å². The largest absolute Gasteiger partial charge is 0.450 e. The lowest BCUT2D eigenvalue weighted by atomic mass is 9.93. The van der Waals surface area contributed by atoms with Crippen LogP contribution in [0.5, 0.6) is 0 Å². The third-order valence-corrected chi connectivity index (χ3v) is 8.23. The minimum Gasteiger partial charge on any atom is -0.450 e. The number of nitrogens with zero attached hydrogens (tertiary/aromatic N) is 3. The summed E-state index contributed by atoms with van der Waals surface area (Å²) in [5, 5.41) is 4.18. The number of para-hydroxylation sites is 1. The summed E-state index contributed by atoms with van der Waals surface area (Å²) in [6.07, 6.45) is 0.970. The van der Waals surface area contributed by atoms with Crippen molar-refractivity contribution in [2.75, 3.05) is 26.2 Å². The molecule has 1 unspecified atom stereocenters. The second-order valence-electron chi connectivity index (χ2n) is 10.7. The maximum Gasteiger partial charge on any atom is 0.409 e. The van der Waals surface area contributed by atoms with Crippen LogP contribution in [-0.4, -0.2) is 64.6 Å². The summed E-state index contributed by atoms with van der Waals surface area (Å²) in [4.78, 5) is 42.8. The van der Waals surface area contributed by atoms with Crippen LogP contribution in [0.15, 0.2) is 78.9 Å². The van der Waals surface area contributed by atoms with Gasteiger partial charge >= 0.3 is 6.09 Å². The average Bonchev–Trinajstić information content (AvgIpc) is 3.44. The van der Waals surface area contributed by atoms with E-state index in [0.29, 0.717) is 38.1 Å². The number of hydrogen-bond donors (Lipinski definition) is 1. The lowest BCUT2D eigenvalue weighted by Crippen LogP contribution is -2.49. The van der Waals surface area contributed by atoms with E-state index in [2.05, 4.69) is 41.2 Å². The lowest BCUT2D eigenvalue weighted by molar-refractivity contribution is -0.123. The quantitative estimate of drug-likeness (QED) is 0.361. The first-order valence-corrected chi connectivity index (χ1v) is 14.2. The smallest absolute Gasteiger partial charge is 0.409 e. The molecule has 0 saturated carbocycles. The SMILES string of the molecule is CCOC(=O)N1CCC(NC(=O)CN2C(=O)c3ccccc3C2c2c(-c3ccccc3)n(C)c3ccccc23)CC1. The van der Waals surface area contributed by atoms with Crippen LogP contribution in [0.2, 0.25) is 0 Å². The molecule has 0 bridgehead atoms. The van der Waals surface area contributed by atoms with Crippen LogP contribution >= 0.6 is 0 Å². The zero-order valence-electron chi connectivity index (χ0n) is 23.4. The Balaban J connectivity index is 1.33. The predicted molar refractivity (Wildman–Crippen MR) is 157 cm³/mol. The number of carbonyl (C=O) groups is 3. The number of rotatable bonds is 6. The summed E-state index contributed by atoms with van der Waals surface area (Å²) in [5.41, 5.74) is 5.69. The lowest BCUT2D eigenvalue weighted by Gasteiger charge is -2.32. The molecule has 6 rings (SSSR count). The van der Waals surface area contributed by atoms with Crippen molar-refractivity contribution in [3.63, 3.8) is 0 Å². The fourth-order valence-corrected chi connectivity index (χ4v) is 6.34. The van der Waals surface area contributed by atoms with Crippen molar-refractivity contribution < 1.29 is 19.1 Å². The van der Waals surface area contributed by atoms with E-state index in [4.69, 9.17) is 4.74 Å². The monoisotopic (exact) mass is 550 g/mol. The number of aryl methyl sites for hydroxylation is 1. The number of carbonyl (C=O) groups excluding carboxylic acids is 3. The molecular formula is C33H34N4O4. The van der Waals surface area contributed by atoms with Gasteiger partial charge in [-0.05, 0) is 43.0 Å². The molecular weight excluding hydrogens is 516 g/mol. The summed E-state index contributed by atoms with van der Waals surface area (Å²) in [7, 11) is 2.05. The Morgan fingerprint density at radius 2 is 1.61 bits per heavy atom. The topological polar surface area (TPSA) is 83.9 Å². The van der Waals surface area contributed by atoms with Gasteiger partial charge in [-0.25, -0.2) is 4.79 Å². The van der Waals surface area contributed by atoms with Crippen molar-refractivity contribution in [2.24, 2.45) is 7.05 Å². The van der Waals surface area contributed by atoms with E-state index in [1.54, 1.807) is 16.7 Å². The van der Waals surface area contributed by atoms with Crippen molar-refractivity contribution in [2.45, 2.75) is 31.8 Å². The molecule has 2 aliphatic rings. The van der Waals surface area contributed by atoms with Crippen molar-refractivity contribution >= 4 is 28.8 Å². The van der Waals surface area contributed by atoms with Gasteiger partial charge in [0.15, 0.2) is 0 Å². The Bertz CT molecular complexity index is 1600. The zero-order valence-corrected chi connectivity index (χ0v) is 23.4. The number of aromatic nitrogens is 1. The fourth-order valence-electron chi connectivity index (χ4n) is 6.34. The zero-order chi connectivity index (χ0) is 28.5. The summed E-state index contributed by atoms with van der Waals surface area (Å²) in [5.74, 6) is -0.350. The summed E-state index contributed by atoms with van der Waals surface area (Å²) >= 11 is 0. The highest BCUT2D eigenvalue weighted by Gasteiger charge is 2.41.